The van der Waals surface area contributed by atoms with E-state index >= 15 is 0 Å². The zero-order valence-corrected chi connectivity index (χ0v) is 11.5. The third-order valence-electron chi connectivity index (χ3n) is 3.47. The lowest BCUT2D eigenvalue weighted by molar-refractivity contribution is -0.888. The SMILES string of the molecule is CCCCCCCCCC[N+](C)(C)CC. The van der Waals surface area contributed by atoms with E-state index in [4.69, 9.17) is 0 Å². The highest BCUT2D eigenvalue weighted by molar-refractivity contribution is 4.45. The van der Waals surface area contributed by atoms with E-state index in [9.17, 15) is 0 Å². The van der Waals surface area contributed by atoms with Gasteiger partial charge in [0.05, 0.1) is 27.2 Å². The van der Waals surface area contributed by atoms with Gasteiger partial charge in [-0.3, -0.25) is 0 Å². The second-order valence-electron chi connectivity index (χ2n) is 5.45. The van der Waals surface area contributed by atoms with Crippen LogP contribution in [0.25, 0.3) is 0 Å². The van der Waals surface area contributed by atoms with Gasteiger partial charge in [0.15, 0.2) is 0 Å². The second kappa shape index (κ2) is 9.21. The van der Waals surface area contributed by atoms with Crippen molar-refractivity contribution in [3.8, 4) is 0 Å². The molecule has 0 unspecified atom stereocenters. The summed E-state index contributed by atoms with van der Waals surface area (Å²) in [6.45, 7) is 7.18. The number of quaternary nitrogens is 1. The minimum Gasteiger partial charge on any atom is -0.329 e. The first-order chi connectivity index (χ1) is 7.12. The molecule has 0 fully saturated rings. The summed E-state index contributed by atoms with van der Waals surface area (Å²) in [4.78, 5) is 0. The highest BCUT2D eigenvalue weighted by Gasteiger charge is 2.09. The summed E-state index contributed by atoms with van der Waals surface area (Å²) >= 11 is 0. The number of nitrogens with zero attached hydrogens (tertiary/aromatic N) is 1. The summed E-state index contributed by atoms with van der Waals surface area (Å²) in [5.74, 6) is 0. The van der Waals surface area contributed by atoms with Crippen LogP contribution in [-0.2, 0) is 0 Å². The molecule has 0 aromatic heterocycles. The summed E-state index contributed by atoms with van der Waals surface area (Å²) in [5.41, 5.74) is 0. The second-order valence-corrected chi connectivity index (χ2v) is 5.45. The molecule has 1 nitrogen and oxygen atoms in total. The van der Waals surface area contributed by atoms with E-state index in [0.717, 1.165) is 0 Å². The Bertz CT molecular complexity index is 129. The van der Waals surface area contributed by atoms with Crippen LogP contribution < -0.4 is 0 Å². The standard InChI is InChI=1S/C14H32N/c1-5-7-8-9-10-11-12-13-14-15(3,4)6-2/h5-14H2,1-4H3/q+1. The molecule has 0 aromatic carbocycles. The van der Waals surface area contributed by atoms with Crippen molar-refractivity contribution in [3.63, 3.8) is 0 Å². The Labute approximate surface area is 97.5 Å². The Morgan fingerprint density at radius 2 is 1.13 bits per heavy atom. The van der Waals surface area contributed by atoms with Gasteiger partial charge in [0, 0.05) is 0 Å². The van der Waals surface area contributed by atoms with Crippen molar-refractivity contribution in [2.24, 2.45) is 0 Å². The van der Waals surface area contributed by atoms with E-state index in [-0.39, 0.29) is 0 Å². The Morgan fingerprint density at radius 3 is 1.60 bits per heavy atom. The minimum absolute atomic E-state index is 1.19. The molecule has 92 valence electrons. The van der Waals surface area contributed by atoms with Crippen LogP contribution in [0, 0.1) is 0 Å². The molecule has 0 rings (SSSR count). The minimum atomic E-state index is 1.19. The molecule has 0 aromatic rings. The monoisotopic (exact) mass is 214 g/mol. The zero-order valence-electron chi connectivity index (χ0n) is 11.5. The number of rotatable bonds is 10. The number of hydrogen-bond donors (Lipinski definition) is 0. The van der Waals surface area contributed by atoms with Crippen molar-refractivity contribution in [2.75, 3.05) is 27.2 Å². The Morgan fingerprint density at radius 1 is 0.667 bits per heavy atom. The fourth-order valence-corrected chi connectivity index (χ4v) is 1.83. The molecule has 0 spiro atoms. The van der Waals surface area contributed by atoms with E-state index in [1.165, 1.54) is 68.9 Å². The molecule has 0 aliphatic rings. The average Bonchev–Trinajstić information content (AvgIpc) is 2.22. The molecular weight excluding hydrogens is 182 g/mol. The molecule has 0 radical (unpaired) electrons. The van der Waals surface area contributed by atoms with Gasteiger partial charge in [0.2, 0.25) is 0 Å². The maximum absolute atomic E-state index is 2.33. The third kappa shape index (κ3) is 10.2. The van der Waals surface area contributed by atoms with Crippen LogP contribution >= 0.6 is 0 Å². The van der Waals surface area contributed by atoms with Crippen molar-refractivity contribution >= 4 is 0 Å². The molecule has 0 saturated carbocycles. The highest BCUT2D eigenvalue weighted by Crippen LogP contribution is 2.09. The maximum Gasteiger partial charge on any atom is 0.0782 e. The summed E-state index contributed by atoms with van der Waals surface area (Å²) in [7, 11) is 4.67. The zero-order chi connectivity index (χ0) is 11.6. The quantitative estimate of drug-likeness (QED) is 0.377. The van der Waals surface area contributed by atoms with Gasteiger partial charge in [-0.1, -0.05) is 45.4 Å². The van der Waals surface area contributed by atoms with Gasteiger partial charge < -0.3 is 4.48 Å². The molecule has 0 aliphatic carbocycles. The largest absolute Gasteiger partial charge is 0.329 e. The van der Waals surface area contributed by atoms with Crippen LogP contribution in [0.2, 0.25) is 0 Å². The summed E-state index contributed by atoms with van der Waals surface area (Å²) in [6.07, 6.45) is 11.5. The van der Waals surface area contributed by atoms with Crippen LogP contribution in [-0.4, -0.2) is 31.7 Å². The molecule has 15 heavy (non-hydrogen) atoms. The van der Waals surface area contributed by atoms with E-state index in [0.29, 0.717) is 0 Å². The van der Waals surface area contributed by atoms with Crippen molar-refractivity contribution in [2.45, 2.75) is 65.2 Å². The van der Waals surface area contributed by atoms with Crippen LogP contribution in [0.15, 0.2) is 0 Å². The van der Waals surface area contributed by atoms with Gasteiger partial charge in [0.25, 0.3) is 0 Å². The van der Waals surface area contributed by atoms with Crippen LogP contribution in [0.4, 0.5) is 0 Å². The van der Waals surface area contributed by atoms with E-state index in [1.807, 2.05) is 0 Å². The fourth-order valence-electron chi connectivity index (χ4n) is 1.83. The van der Waals surface area contributed by atoms with Crippen LogP contribution in [0.5, 0.6) is 0 Å². The Balaban J connectivity index is 3.11. The maximum atomic E-state index is 2.33. The van der Waals surface area contributed by atoms with Gasteiger partial charge in [0.1, 0.15) is 0 Å². The van der Waals surface area contributed by atoms with Gasteiger partial charge in [-0.25, -0.2) is 0 Å². The van der Waals surface area contributed by atoms with Crippen LogP contribution in [0.1, 0.15) is 65.2 Å². The number of hydrogen-bond acceptors (Lipinski definition) is 0. The van der Waals surface area contributed by atoms with Gasteiger partial charge in [-0.05, 0) is 19.8 Å². The molecule has 0 atom stereocenters. The Hall–Kier alpha value is -0.0400. The topological polar surface area (TPSA) is 0 Å². The lowest BCUT2D eigenvalue weighted by Crippen LogP contribution is -2.39. The first-order valence-corrected chi connectivity index (χ1v) is 6.94. The molecular formula is C14H32N+. The molecule has 1 heteroatoms. The first kappa shape index (κ1) is 15.0. The molecule has 0 aliphatic heterocycles. The molecule has 0 heterocycles. The highest BCUT2D eigenvalue weighted by atomic mass is 15.3. The van der Waals surface area contributed by atoms with Gasteiger partial charge in [-0.2, -0.15) is 0 Å². The lowest BCUT2D eigenvalue weighted by atomic mass is 10.1. The van der Waals surface area contributed by atoms with E-state index in [1.54, 1.807) is 0 Å². The van der Waals surface area contributed by atoms with Crippen molar-refractivity contribution in [3.05, 3.63) is 0 Å². The van der Waals surface area contributed by atoms with Crippen molar-refractivity contribution in [1.29, 1.82) is 0 Å². The van der Waals surface area contributed by atoms with E-state index < -0.39 is 0 Å². The fraction of sp³-hybridized carbons (Fsp3) is 1.00. The third-order valence-corrected chi connectivity index (χ3v) is 3.47. The predicted molar refractivity (Wildman–Crippen MR) is 70.1 cm³/mol. The van der Waals surface area contributed by atoms with Gasteiger partial charge in [-0.15, -0.1) is 0 Å². The summed E-state index contributed by atoms with van der Waals surface area (Å²) in [6, 6.07) is 0. The van der Waals surface area contributed by atoms with E-state index in [2.05, 4.69) is 27.9 Å². The normalized spacial score (nSPS) is 12.0. The Kier molecular flexibility index (Phi) is 9.18. The lowest BCUT2D eigenvalue weighted by Gasteiger charge is -2.28. The van der Waals surface area contributed by atoms with Gasteiger partial charge >= 0.3 is 0 Å². The molecule has 0 amide bonds. The number of unbranched alkanes of at least 4 members (excludes halogenated alkanes) is 7. The van der Waals surface area contributed by atoms with Crippen molar-refractivity contribution < 1.29 is 4.48 Å². The predicted octanol–water partition coefficient (Wildman–Crippen LogP) is 4.22. The summed E-state index contributed by atoms with van der Waals surface area (Å²) in [5, 5.41) is 0. The molecule has 0 bridgehead atoms. The molecule has 0 saturated heterocycles. The summed E-state index contributed by atoms with van der Waals surface area (Å²) < 4.78 is 1.19. The van der Waals surface area contributed by atoms with Crippen LogP contribution in [0.3, 0.4) is 0 Å². The smallest absolute Gasteiger partial charge is 0.0782 e. The first-order valence-electron chi connectivity index (χ1n) is 6.94. The average molecular weight is 214 g/mol. The molecule has 0 N–H and O–H groups in total. The van der Waals surface area contributed by atoms with Crippen molar-refractivity contribution in [1.82, 2.24) is 0 Å².